The molecule has 0 aliphatic rings. The molecule has 0 aromatic carbocycles. The van der Waals surface area contributed by atoms with Crippen molar-refractivity contribution in [2.24, 2.45) is 0 Å². The third kappa shape index (κ3) is 2.33. The highest BCUT2D eigenvalue weighted by atomic mass is 35.5. The largest absolute Gasteiger partial charge is 0.232 e. The van der Waals surface area contributed by atoms with Gasteiger partial charge in [-0.3, -0.25) is 0 Å². The van der Waals surface area contributed by atoms with Crippen molar-refractivity contribution in [2.45, 2.75) is 19.8 Å². The molecule has 0 aliphatic heterocycles. The first-order valence-corrected chi connectivity index (χ1v) is 5.77. The van der Waals surface area contributed by atoms with Gasteiger partial charge >= 0.3 is 0 Å². The Morgan fingerprint density at radius 2 is 2.13 bits per heavy atom. The third-order valence-corrected chi connectivity index (χ3v) is 2.90. The second kappa shape index (κ2) is 4.24. The first-order chi connectivity index (χ1) is 7.16. The SMILES string of the molecule is CC(C)c1cc(Cl)nc(-c2ccns2)n1. The molecule has 0 amide bonds. The van der Waals surface area contributed by atoms with Crippen LogP contribution in [0.25, 0.3) is 10.7 Å². The molecule has 0 bridgehead atoms. The van der Waals surface area contributed by atoms with Crippen LogP contribution in [0.3, 0.4) is 0 Å². The van der Waals surface area contributed by atoms with E-state index < -0.39 is 0 Å². The lowest BCUT2D eigenvalue weighted by atomic mass is 10.1. The van der Waals surface area contributed by atoms with Crippen molar-refractivity contribution in [3.63, 3.8) is 0 Å². The predicted molar refractivity (Wildman–Crippen MR) is 62.2 cm³/mol. The van der Waals surface area contributed by atoms with Crippen molar-refractivity contribution in [1.29, 1.82) is 0 Å². The molecule has 0 unspecified atom stereocenters. The van der Waals surface area contributed by atoms with Crippen molar-refractivity contribution >= 4 is 23.1 Å². The van der Waals surface area contributed by atoms with E-state index in [2.05, 4.69) is 28.2 Å². The summed E-state index contributed by atoms with van der Waals surface area (Å²) in [4.78, 5) is 9.58. The molecule has 78 valence electrons. The fourth-order valence-corrected chi connectivity index (χ4v) is 1.89. The van der Waals surface area contributed by atoms with E-state index in [9.17, 15) is 0 Å². The minimum absolute atomic E-state index is 0.345. The van der Waals surface area contributed by atoms with Crippen LogP contribution in [-0.4, -0.2) is 14.3 Å². The van der Waals surface area contributed by atoms with Crippen LogP contribution < -0.4 is 0 Å². The van der Waals surface area contributed by atoms with Gasteiger partial charge in [-0.2, -0.15) is 0 Å². The van der Waals surface area contributed by atoms with Gasteiger partial charge in [-0.05, 0) is 29.6 Å². The van der Waals surface area contributed by atoms with Crippen molar-refractivity contribution in [2.75, 3.05) is 0 Å². The van der Waals surface area contributed by atoms with E-state index in [1.54, 1.807) is 12.3 Å². The maximum atomic E-state index is 5.94. The van der Waals surface area contributed by atoms with Gasteiger partial charge < -0.3 is 0 Å². The molecular formula is C10H10ClN3S. The molecule has 0 spiro atoms. The summed E-state index contributed by atoms with van der Waals surface area (Å²) in [6.07, 6.45) is 1.74. The highest BCUT2D eigenvalue weighted by molar-refractivity contribution is 7.09. The number of halogens is 1. The van der Waals surface area contributed by atoms with Gasteiger partial charge in [-0.15, -0.1) is 0 Å². The molecule has 0 N–H and O–H groups in total. The van der Waals surface area contributed by atoms with Crippen LogP contribution in [0.15, 0.2) is 18.3 Å². The normalized spacial score (nSPS) is 10.9. The van der Waals surface area contributed by atoms with Gasteiger partial charge in [0.05, 0.1) is 4.88 Å². The Balaban J connectivity index is 2.49. The Morgan fingerprint density at radius 1 is 1.33 bits per heavy atom. The molecule has 0 saturated heterocycles. The first kappa shape index (κ1) is 10.5. The molecule has 2 aromatic rings. The van der Waals surface area contributed by atoms with E-state index in [0.717, 1.165) is 10.6 Å². The molecule has 2 heterocycles. The van der Waals surface area contributed by atoms with Crippen molar-refractivity contribution in [1.82, 2.24) is 14.3 Å². The molecule has 15 heavy (non-hydrogen) atoms. The maximum Gasteiger partial charge on any atom is 0.172 e. The molecule has 2 aromatic heterocycles. The number of hydrogen-bond donors (Lipinski definition) is 0. The second-order valence-corrected chi connectivity index (χ2v) is 4.69. The summed E-state index contributed by atoms with van der Waals surface area (Å²) < 4.78 is 4.02. The highest BCUT2D eigenvalue weighted by Gasteiger charge is 2.09. The average molecular weight is 240 g/mol. The van der Waals surface area contributed by atoms with Crippen LogP contribution in [0, 0.1) is 0 Å². The molecule has 3 nitrogen and oxygen atoms in total. The molecular weight excluding hydrogens is 230 g/mol. The van der Waals surface area contributed by atoms with Gasteiger partial charge in [0.1, 0.15) is 5.15 Å². The summed E-state index contributed by atoms with van der Waals surface area (Å²) in [7, 11) is 0. The average Bonchev–Trinajstić information content (AvgIpc) is 2.69. The summed E-state index contributed by atoms with van der Waals surface area (Å²) in [6, 6.07) is 3.69. The summed E-state index contributed by atoms with van der Waals surface area (Å²) in [5, 5.41) is 0.483. The number of aromatic nitrogens is 3. The third-order valence-electron chi connectivity index (χ3n) is 1.96. The molecule has 0 radical (unpaired) electrons. The van der Waals surface area contributed by atoms with Crippen LogP contribution in [0.2, 0.25) is 5.15 Å². The topological polar surface area (TPSA) is 38.7 Å². The zero-order chi connectivity index (χ0) is 10.8. The van der Waals surface area contributed by atoms with Gasteiger partial charge in [0.2, 0.25) is 0 Å². The van der Waals surface area contributed by atoms with Gasteiger partial charge in [-0.25, -0.2) is 14.3 Å². The molecule has 0 fully saturated rings. The molecule has 2 rings (SSSR count). The number of hydrogen-bond acceptors (Lipinski definition) is 4. The van der Waals surface area contributed by atoms with Crippen molar-refractivity contribution < 1.29 is 0 Å². The smallest absolute Gasteiger partial charge is 0.172 e. The Bertz CT molecular complexity index is 454. The van der Waals surface area contributed by atoms with Crippen molar-refractivity contribution in [3.8, 4) is 10.7 Å². The Hall–Kier alpha value is -1.00. The van der Waals surface area contributed by atoms with E-state index in [-0.39, 0.29) is 0 Å². The monoisotopic (exact) mass is 239 g/mol. The van der Waals surface area contributed by atoms with Crippen LogP contribution in [-0.2, 0) is 0 Å². The van der Waals surface area contributed by atoms with E-state index in [0.29, 0.717) is 16.9 Å². The molecule has 0 atom stereocenters. The van der Waals surface area contributed by atoms with E-state index >= 15 is 0 Å². The fraction of sp³-hybridized carbons (Fsp3) is 0.300. The zero-order valence-corrected chi connectivity index (χ0v) is 10.0. The lowest BCUT2D eigenvalue weighted by Gasteiger charge is -2.05. The lowest BCUT2D eigenvalue weighted by molar-refractivity contribution is 0.817. The van der Waals surface area contributed by atoms with Gasteiger partial charge in [0, 0.05) is 11.9 Å². The predicted octanol–water partition coefficient (Wildman–Crippen LogP) is 3.38. The zero-order valence-electron chi connectivity index (χ0n) is 8.44. The van der Waals surface area contributed by atoms with Gasteiger partial charge in [0.25, 0.3) is 0 Å². The summed E-state index contributed by atoms with van der Waals surface area (Å²) in [5.41, 5.74) is 0.957. The fourth-order valence-electron chi connectivity index (χ4n) is 1.17. The molecule has 5 heteroatoms. The first-order valence-electron chi connectivity index (χ1n) is 4.62. The van der Waals surface area contributed by atoms with E-state index in [1.165, 1.54) is 11.5 Å². The Morgan fingerprint density at radius 3 is 2.73 bits per heavy atom. The quantitative estimate of drug-likeness (QED) is 0.755. The number of rotatable bonds is 2. The molecule has 0 saturated carbocycles. The van der Waals surface area contributed by atoms with Crippen molar-refractivity contribution in [3.05, 3.63) is 29.2 Å². The van der Waals surface area contributed by atoms with Crippen LogP contribution in [0.5, 0.6) is 0 Å². The highest BCUT2D eigenvalue weighted by Crippen LogP contribution is 2.23. The lowest BCUT2D eigenvalue weighted by Crippen LogP contribution is -1.96. The second-order valence-electron chi connectivity index (χ2n) is 3.47. The Labute approximate surface area is 97.3 Å². The standard InChI is InChI=1S/C10H10ClN3S/c1-6(2)7-5-9(11)14-10(13-7)8-3-4-12-15-8/h3-6H,1-2H3. The summed E-state index contributed by atoms with van der Waals surface area (Å²) >= 11 is 7.32. The van der Waals surface area contributed by atoms with Gasteiger partial charge in [0.15, 0.2) is 5.82 Å². The summed E-state index contributed by atoms with van der Waals surface area (Å²) in [5.74, 6) is 1.01. The maximum absolute atomic E-state index is 5.94. The minimum Gasteiger partial charge on any atom is -0.232 e. The minimum atomic E-state index is 0.345. The van der Waals surface area contributed by atoms with Crippen LogP contribution in [0.1, 0.15) is 25.5 Å². The van der Waals surface area contributed by atoms with Crippen LogP contribution >= 0.6 is 23.1 Å². The number of nitrogens with zero attached hydrogens (tertiary/aromatic N) is 3. The van der Waals surface area contributed by atoms with Gasteiger partial charge in [-0.1, -0.05) is 25.4 Å². The van der Waals surface area contributed by atoms with E-state index in [4.69, 9.17) is 11.6 Å². The molecule has 0 aliphatic carbocycles. The van der Waals surface area contributed by atoms with E-state index in [1.807, 2.05) is 6.07 Å². The Kier molecular flexibility index (Phi) is 2.98. The van der Waals surface area contributed by atoms with Crippen LogP contribution in [0.4, 0.5) is 0 Å². The summed E-state index contributed by atoms with van der Waals surface area (Å²) in [6.45, 7) is 4.16.